The van der Waals surface area contributed by atoms with Gasteiger partial charge in [-0.25, -0.2) is 32.2 Å². The lowest BCUT2D eigenvalue weighted by Gasteiger charge is -2.27. The molecule has 88 heavy (non-hydrogen) atoms. The van der Waals surface area contributed by atoms with E-state index < -0.39 is 46.6 Å². The predicted molar refractivity (Wildman–Crippen MR) is 312 cm³/mol. The number of urea groups is 1. The van der Waals surface area contributed by atoms with Crippen molar-refractivity contribution >= 4 is 73.8 Å². The monoisotopic (exact) mass is 1300 g/mol. The van der Waals surface area contributed by atoms with E-state index >= 15 is 0 Å². The molecule has 0 radical (unpaired) electrons. The third-order valence-electron chi connectivity index (χ3n) is 13.2. The minimum Gasteiger partial charge on any atom is -0.748 e. The number of hydrogen-bond acceptors (Lipinski definition) is 14. The number of allylic oxidation sites excluding steroid dienone is 6. The number of carbonyl (C=O) groups is 5. The standard InChI is InChI=1S/C50H72N10O5S2.3C2HF3O2/c1-49(2)40-26-16-17-28-42(40)59(35-21-22-37-67(63,64)65)43(49)29-12-9-11-27-41-38-24-14-15-25-39(38)50(3,4)60(41)36-20-10-13-30-44(61)53-32-18-7-5-6-8-19-33-55-48(62)56-46(51)54-34-23-31-45-57-58-47(52)66-45;3*3-2(4,5)1(6)7/h9,11-12,14-17,24-29H,5-8,10,13,18-23,30-37H2,1-4H3,(H7-,51,52,53,54,55,56,58,61,62,63,64,65);3*(H,6,7). The number of carbonyl (C=O) groups excluding carboxylic acids is 2. The van der Waals surface area contributed by atoms with Gasteiger partial charge in [0.05, 0.1) is 15.7 Å². The van der Waals surface area contributed by atoms with E-state index in [9.17, 15) is 62.1 Å². The van der Waals surface area contributed by atoms with Crippen LogP contribution < -0.4 is 32.3 Å². The molecule has 0 saturated heterocycles. The first-order chi connectivity index (χ1) is 40.9. The Hall–Kier alpha value is -7.61. The fraction of sp³-hybridized carbons (Fsp3) is 0.518. The first-order valence-electron chi connectivity index (χ1n) is 27.6. The number of nitrogen functional groups attached to an aromatic ring is 1. The molecule has 3 amide bonds. The molecule has 3 heterocycles. The number of fused-ring (bicyclic) bond motifs is 2. The molecule has 490 valence electrons. The molecule has 2 aromatic carbocycles. The van der Waals surface area contributed by atoms with Crippen molar-refractivity contribution in [3.63, 3.8) is 0 Å². The first kappa shape index (κ1) is 76.5. The molecule has 0 atom stereocenters. The van der Waals surface area contributed by atoms with Gasteiger partial charge in [0.1, 0.15) is 11.6 Å². The number of halogens is 9. The van der Waals surface area contributed by atoms with E-state index in [1.165, 1.54) is 33.7 Å². The second-order valence-corrected chi connectivity index (χ2v) is 23.3. The van der Waals surface area contributed by atoms with Crippen molar-refractivity contribution in [1.29, 1.82) is 0 Å². The van der Waals surface area contributed by atoms with E-state index in [1.54, 1.807) is 0 Å². The molecule has 10 N–H and O–H groups in total. The summed E-state index contributed by atoms with van der Waals surface area (Å²) < 4.78 is 131. The smallest absolute Gasteiger partial charge is 0.490 e. The van der Waals surface area contributed by atoms with Crippen molar-refractivity contribution in [2.45, 2.75) is 147 Å². The molecule has 0 aliphatic carbocycles. The fourth-order valence-electron chi connectivity index (χ4n) is 8.90. The van der Waals surface area contributed by atoms with Crippen LogP contribution in [0.4, 0.5) is 55.1 Å². The number of anilines is 2. The third-order valence-corrected chi connectivity index (χ3v) is 14.8. The number of unbranched alkanes of at least 4 members (excludes halogenated alkanes) is 8. The van der Waals surface area contributed by atoms with Crippen LogP contribution >= 0.6 is 11.3 Å². The van der Waals surface area contributed by atoms with Gasteiger partial charge in [-0.1, -0.05) is 105 Å². The molecule has 3 aromatic rings. The maximum Gasteiger partial charge on any atom is 0.490 e. The van der Waals surface area contributed by atoms with E-state index in [0.29, 0.717) is 57.0 Å². The number of aliphatic carboxylic acids is 3. The number of aryl methyl sites for hydroxylation is 1. The molecule has 0 spiro atoms. The average molecular weight is 1300 g/mol. The molecular formula is C56H75F9N10O11S2. The topological polar surface area (TPSA) is 336 Å². The second-order valence-electron chi connectivity index (χ2n) is 20.7. The van der Waals surface area contributed by atoms with Crippen LogP contribution in [0.25, 0.3) is 0 Å². The predicted octanol–water partition coefficient (Wildman–Crippen LogP) is 9.45. The van der Waals surface area contributed by atoms with Gasteiger partial charge >= 0.3 is 42.5 Å². The number of aromatic nitrogens is 2. The Labute approximate surface area is 507 Å². The van der Waals surface area contributed by atoms with Gasteiger partial charge in [-0.05, 0) is 68.7 Å². The summed E-state index contributed by atoms with van der Waals surface area (Å²) in [7, 11) is -4.24. The summed E-state index contributed by atoms with van der Waals surface area (Å²) in [5.74, 6) is -8.42. The molecule has 5 rings (SSSR count). The molecule has 0 unspecified atom stereocenters. The Morgan fingerprint density at radius 1 is 0.716 bits per heavy atom. The van der Waals surface area contributed by atoms with E-state index in [2.05, 4.69) is 135 Å². The lowest BCUT2D eigenvalue weighted by Crippen LogP contribution is -2.43. The van der Waals surface area contributed by atoms with Gasteiger partial charge in [-0.2, -0.15) is 39.5 Å². The van der Waals surface area contributed by atoms with Crippen LogP contribution in [-0.2, 0) is 46.7 Å². The summed E-state index contributed by atoms with van der Waals surface area (Å²) in [5.41, 5.74) is 18.2. The molecule has 0 saturated carbocycles. The minimum atomic E-state index is -5.08. The van der Waals surface area contributed by atoms with Gasteiger partial charge < -0.3 is 46.9 Å². The van der Waals surface area contributed by atoms with Crippen LogP contribution in [0, 0.1) is 0 Å². The Kier molecular flexibility index (Phi) is 31.3. The summed E-state index contributed by atoms with van der Waals surface area (Å²) in [6.45, 7) is 12.2. The highest BCUT2D eigenvalue weighted by Crippen LogP contribution is 2.47. The SMILES string of the molecule is CC1(C)C(=CC=CC=CC2=[N+](CCCCCC(=O)NCCCCCCCCNC(=O)NC(N)=NCCCc3nnc(N)s3)C(C)(C)c3ccccc32)N(CCCCS(=O)(=O)[O-])c2ccccc21.O=C(O)C(F)(F)F.O=C(O)C(F)(F)F.O=C(O)C(F)(F)F. The quantitative estimate of drug-likeness (QED) is 0.00670. The van der Waals surface area contributed by atoms with Crippen LogP contribution in [0.5, 0.6) is 0 Å². The maximum atomic E-state index is 12.6. The van der Waals surface area contributed by atoms with Gasteiger partial charge in [0.25, 0.3) is 0 Å². The lowest BCUT2D eigenvalue weighted by molar-refractivity contribution is -0.604. The number of amides is 3. The Bertz CT molecular complexity index is 3000. The number of para-hydroxylation sites is 1. The Morgan fingerprint density at radius 3 is 1.81 bits per heavy atom. The van der Waals surface area contributed by atoms with Gasteiger partial charge in [-0.3, -0.25) is 15.1 Å². The molecule has 0 fully saturated rings. The Morgan fingerprint density at radius 2 is 1.25 bits per heavy atom. The maximum absolute atomic E-state index is 12.6. The van der Waals surface area contributed by atoms with E-state index in [-0.39, 0.29) is 34.6 Å². The highest BCUT2D eigenvalue weighted by atomic mass is 32.2. The molecule has 32 heteroatoms. The van der Waals surface area contributed by atoms with Gasteiger partial charge in [-0.15, -0.1) is 10.2 Å². The highest BCUT2D eigenvalue weighted by Gasteiger charge is 2.44. The number of nitrogens with one attached hydrogen (secondary N) is 3. The number of hydrogen-bond donors (Lipinski definition) is 8. The van der Waals surface area contributed by atoms with Crippen molar-refractivity contribution in [3.05, 3.63) is 106 Å². The average Bonchev–Trinajstić information content (AvgIpc) is 3.94. The molecule has 1 aromatic heterocycles. The largest absolute Gasteiger partial charge is 0.748 e. The van der Waals surface area contributed by atoms with Crippen molar-refractivity contribution in [3.8, 4) is 0 Å². The molecule has 2 aliphatic heterocycles. The van der Waals surface area contributed by atoms with Gasteiger partial charge in [0.2, 0.25) is 16.8 Å². The first-order valence-corrected chi connectivity index (χ1v) is 30.0. The third kappa shape index (κ3) is 28.0. The number of rotatable bonds is 27. The van der Waals surface area contributed by atoms with Gasteiger partial charge in [0, 0.05) is 93.5 Å². The lowest BCUT2D eigenvalue weighted by atomic mass is 9.84. The summed E-state index contributed by atoms with van der Waals surface area (Å²) in [6.07, 6.45) is 7.06. The zero-order valence-corrected chi connectivity index (χ0v) is 50.5. The van der Waals surface area contributed by atoms with E-state index in [1.807, 2.05) is 12.1 Å². The number of carboxylic acid groups (broad SMARTS) is 3. The summed E-state index contributed by atoms with van der Waals surface area (Å²) in [6, 6.07) is 16.6. The number of benzene rings is 2. The summed E-state index contributed by atoms with van der Waals surface area (Å²) >= 11 is 1.35. The molecule has 21 nitrogen and oxygen atoms in total. The Balaban J connectivity index is 0.00000107. The van der Waals surface area contributed by atoms with Gasteiger partial charge in [0.15, 0.2) is 11.5 Å². The summed E-state index contributed by atoms with van der Waals surface area (Å²) in [4.78, 5) is 57.8. The van der Waals surface area contributed by atoms with E-state index in [0.717, 1.165) is 87.1 Å². The van der Waals surface area contributed by atoms with Crippen LogP contribution in [0.15, 0.2) is 89.6 Å². The van der Waals surface area contributed by atoms with Crippen LogP contribution in [0.2, 0.25) is 0 Å². The minimum absolute atomic E-state index is 0.0883. The zero-order chi connectivity index (χ0) is 66.5. The fourth-order valence-corrected chi connectivity index (χ4v) is 10.1. The van der Waals surface area contributed by atoms with Crippen molar-refractivity contribution in [2.75, 3.05) is 49.1 Å². The molecule has 0 bridgehead atoms. The second kappa shape index (κ2) is 36.0. The number of aliphatic imine (C=N–C) groups is 1. The van der Waals surface area contributed by atoms with Crippen LogP contribution in [-0.4, -0.2) is 142 Å². The van der Waals surface area contributed by atoms with E-state index in [4.69, 9.17) is 41.2 Å². The normalized spacial score (nSPS) is 14.9. The number of nitrogens with two attached hydrogens (primary N) is 2. The molecule has 2 aliphatic rings. The number of nitrogens with zero attached hydrogens (tertiary/aromatic N) is 5. The number of carboxylic acids is 3. The number of guanidine groups is 1. The summed E-state index contributed by atoms with van der Waals surface area (Å²) in [5, 5.41) is 38.9. The van der Waals surface area contributed by atoms with Crippen LogP contribution in [0.1, 0.15) is 133 Å². The molecular weight excluding hydrogens is 1220 g/mol. The van der Waals surface area contributed by atoms with Crippen molar-refractivity contribution < 1.29 is 96.4 Å². The number of alkyl halides is 9. The highest BCUT2D eigenvalue weighted by molar-refractivity contribution is 7.85. The van der Waals surface area contributed by atoms with Crippen LogP contribution in [0.3, 0.4) is 0 Å². The van der Waals surface area contributed by atoms with Crippen molar-refractivity contribution in [2.24, 2.45) is 10.7 Å². The van der Waals surface area contributed by atoms with Crippen molar-refractivity contribution in [1.82, 2.24) is 26.1 Å². The zero-order valence-electron chi connectivity index (χ0n) is 48.9.